The first-order valence-electron chi connectivity index (χ1n) is 18.1. The van der Waals surface area contributed by atoms with E-state index in [0.29, 0.717) is 50.5 Å². The fourth-order valence-corrected chi connectivity index (χ4v) is 11.5. The number of aryl methyl sites for hydroxylation is 2. The molecule has 18 heteroatoms. The van der Waals surface area contributed by atoms with Crippen LogP contribution in [0.3, 0.4) is 0 Å². The van der Waals surface area contributed by atoms with E-state index >= 15 is 0 Å². The molecule has 2 aromatic heterocycles. The zero-order valence-corrected chi connectivity index (χ0v) is 35.4. The molecule has 10 nitrogen and oxygen atoms in total. The van der Waals surface area contributed by atoms with Gasteiger partial charge in [0, 0.05) is 74.2 Å². The van der Waals surface area contributed by atoms with Gasteiger partial charge in [-0.15, -0.1) is 22.7 Å². The van der Waals surface area contributed by atoms with E-state index in [2.05, 4.69) is 41.9 Å². The van der Waals surface area contributed by atoms with Crippen LogP contribution in [0.1, 0.15) is 11.1 Å². The summed E-state index contributed by atoms with van der Waals surface area (Å²) in [5.41, 5.74) is 5.83. The number of piperazine rings is 2. The maximum absolute atomic E-state index is 13.4. The van der Waals surface area contributed by atoms with Gasteiger partial charge in [0.2, 0.25) is 20.0 Å². The Hall–Kier alpha value is -4.36. The van der Waals surface area contributed by atoms with Crippen LogP contribution in [0.4, 0.5) is 23.4 Å². The molecule has 2 aliphatic rings. The number of thiazole rings is 2. The fraction of sp³-hybridized carbons (Fsp3) is 0.250. The molecule has 8 rings (SSSR count). The molecular formula is C40H38ClF3N6O4S4. The smallest absolute Gasteiger partial charge is 0.243 e. The maximum atomic E-state index is 13.4. The first-order valence-corrected chi connectivity index (χ1v) is 23.2. The van der Waals surface area contributed by atoms with Gasteiger partial charge in [-0.3, -0.25) is 0 Å². The second-order valence-electron chi connectivity index (χ2n) is 13.7. The second kappa shape index (κ2) is 17.5. The van der Waals surface area contributed by atoms with Crippen LogP contribution in [0, 0.1) is 31.3 Å². The van der Waals surface area contributed by atoms with Crippen molar-refractivity contribution < 1.29 is 30.0 Å². The molecule has 304 valence electrons. The number of aromatic nitrogens is 2. The van der Waals surface area contributed by atoms with Crippen LogP contribution in [0.2, 0.25) is 5.02 Å². The lowest BCUT2D eigenvalue weighted by atomic mass is 10.1. The SMILES string of the molecule is Cc1cc(C)cc(-c2csc(N3CCN(S(=O)(=O)c4cccc(F)c4)CC3)n2)c1.O=S(=O)(c1cccc(F)c1)N1CCN(c2nc(-c3ccc(F)c(Cl)c3)cs2)CC1. The van der Waals surface area contributed by atoms with Crippen molar-refractivity contribution in [1.29, 1.82) is 0 Å². The van der Waals surface area contributed by atoms with Gasteiger partial charge in [0.05, 0.1) is 26.2 Å². The average molecular weight is 887 g/mol. The highest BCUT2D eigenvalue weighted by molar-refractivity contribution is 7.89. The third-order valence-electron chi connectivity index (χ3n) is 9.60. The zero-order valence-electron chi connectivity index (χ0n) is 31.4. The van der Waals surface area contributed by atoms with Crippen LogP contribution in [0.15, 0.2) is 105 Å². The van der Waals surface area contributed by atoms with Crippen molar-refractivity contribution in [2.24, 2.45) is 0 Å². The first-order chi connectivity index (χ1) is 27.7. The van der Waals surface area contributed by atoms with Gasteiger partial charge in [0.25, 0.3) is 0 Å². The molecule has 0 N–H and O–H groups in total. The summed E-state index contributed by atoms with van der Waals surface area (Å²) in [4.78, 5) is 13.4. The van der Waals surface area contributed by atoms with Gasteiger partial charge in [-0.25, -0.2) is 40.0 Å². The predicted molar refractivity (Wildman–Crippen MR) is 224 cm³/mol. The number of hydrogen-bond acceptors (Lipinski definition) is 10. The van der Waals surface area contributed by atoms with E-state index in [4.69, 9.17) is 16.6 Å². The molecule has 6 aromatic rings. The molecule has 0 atom stereocenters. The van der Waals surface area contributed by atoms with Crippen LogP contribution in [0.25, 0.3) is 22.5 Å². The molecule has 0 amide bonds. The van der Waals surface area contributed by atoms with E-state index in [-0.39, 0.29) is 27.9 Å². The fourth-order valence-electron chi connectivity index (χ4n) is 6.65. The van der Waals surface area contributed by atoms with Crippen molar-refractivity contribution >= 4 is 64.6 Å². The Kier molecular flexibility index (Phi) is 12.6. The van der Waals surface area contributed by atoms with E-state index in [9.17, 15) is 30.0 Å². The minimum Gasteiger partial charge on any atom is -0.345 e. The highest BCUT2D eigenvalue weighted by Crippen LogP contribution is 2.32. The Bertz CT molecular complexity index is 2630. The van der Waals surface area contributed by atoms with Gasteiger partial charge >= 0.3 is 0 Å². The number of hydrogen-bond donors (Lipinski definition) is 0. The number of rotatable bonds is 8. The third kappa shape index (κ3) is 9.41. The Labute approximate surface area is 348 Å². The van der Waals surface area contributed by atoms with Gasteiger partial charge in [-0.1, -0.05) is 40.9 Å². The largest absolute Gasteiger partial charge is 0.345 e. The summed E-state index contributed by atoms with van der Waals surface area (Å²) in [5.74, 6) is -1.62. The van der Waals surface area contributed by atoms with Crippen molar-refractivity contribution in [2.45, 2.75) is 23.6 Å². The minimum absolute atomic E-state index is 0.00250. The standard InChI is InChI=1S/C21H22FN3O2S2.C19H16ClF2N3O2S2/c1-15-10-16(2)12-17(11-15)20-14-28-21(23-20)24-6-8-25(9-7-24)29(26,27)19-5-3-4-18(22)13-19;20-16-10-13(4-5-17(16)22)18-12-28-19(23-18)24-6-8-25(9-7-24)29(26,27)15-3-1-2-14(21)11-15/h3-5,10-14H,6-9H2,1-2H3;1-5,10-12H,6-9H2. The van der Waals surface area contributed by atoms with Gasteiger partial charge < -0.3 is 9.80 Å². The van der Waals surface area contributed by atoms with E-state index < -0.39 is 37.5 Å². The van der Waals surface area contributed by atoms with Gasteiger partial charge in [-0.05, 0) is 80.6 Å². The third-order valence-corrected chi connectivity index (χ3v) is 15.5. The molecule has 0 radical (unpaired) electrons. The molecule has 58 heavy (non-hydrogen) atoms. The molecule has 0 unspecified atom stereocenters. The number of benzene rings is 4. The Morgan fingerprint density at radius 3 is 1.45 bits per heavy atom. The highest BCUT2D eigenvalue weighted by atomic mass is 35.5. The summed E-state index contributed by atoms with van der Waals surface area (Å²) in [6, 6.07) is 21.0. The summed E-state index contributed by atoms with van der Waals surface area (Å²) in [6.45, 7) is 7.41. The predicted octanol–water partition coefficient (Wildman–Crippen LogP) is 8.33. The van der Waals surface area contributed by atoms with Crippen LogP contribution in [-0.4, -0.2) is 87.8 Å². The molecule has 4 aromatic carbocycles. The molecule has 2 saturated heterocycles. The Balaban J connectivity index is 0.000000177. The van der Waals surface area contributed by atoms with Crippen molar-refractivity contribution in [3.63, 3.8) is 0 Å². The average Bonchev–Trinajstić information content (AvgIpc) is 3.91. The van der Waals surface area contributed by atoms with Crippen LogP contribution >= 0.6 is 34.3 Å². The lowest BCUT2D eigenvalue weighted by Gasteiger charge is -2.33. The topological polar surface area (TPSA) is 107 Å². The summed E-state index contributed by atoms with van der Waals surface area (Å²) >= 11 is 8.84. The lowest BCUT2D eigenvalue weighted by Crippen LogP contribution is -2.48. The van der Waals surface area contributed by atoms with Gasteiger partial charge in [0.15, 0.2) is 10.3 Å². The second-order valence-corrected chi connectivity index (χ2v) is 19.7. The van der Waals surface area contributed by atoms with Crippen molar-refractivity contribution in [1.82, 2.24) is 18.6 Å². The molecule has 4 heterocycles. The normalized spacial score (nSPS) is 15.6. The Morgan fingerprint density at radius 1 is 0.569 bits per heavy atom. The molecule has 2 fully saturated rings. The molecule has 0 spiro atoms. The summed E-state index contributed by atoms with van der Waals surface area (Å²) in [7, 11) is -7.43. The van der Waals surface area contributed by atoms with Gasteiger partial charge in [0.1, 0.15) is 17.5 Å². The molecule has 2 aliphatic heterocycles. The van der Waals surface area contributed by atoms with Crippen LogP contribution < -0.4 is 9.80 Å². The van der Waals surface area contributed by atoms with Gasteiger partial charge in [-0.2, -0.15) is 8.61 Å². The van der Waals surface area contributed by atoms with E-state index in [0.717, 1.165) is 33.7 Å². The molecule has 0 saturated carbocycles. The van der Waals surface area contributed by atoms with Crippen molar-refractivity contribution in [2.75, 3.05) is 62.2 Å². The maximum Gasteiger partial charge on any atom is 0.243 e. The summed E-state index contributed by atoms with van der Waals surface area (Å²) < 4.78 is 93.9. The van der Waals surface area contributed by atoms with Crippen molar-refractivity contribution in [3.05, 3.63) is 129 Å². The number of anilines is 2. The quantitative estimate of drug-likeness (QED) is 0.150. The number of halogens is 4. The van der Waals surface area contributed by atoms with Crippen LogP contribution in [-0.2, 0) is 20.0 Å². The zero-order chi connectivity index (χ0) is 41.2. The number of sulfonamides is 2. The van der Waals surface area contributed by atoms with Crippen molar-refractivity contribution in [3.8, 4) is 22.5 Å². The summed E-state index contributed by atoms with van der Waals surface area (Å²) in [5, 5.41) is 5.58. The van der Waals surface area contributed by atoms with Crippen LogP contribution in [0.5, 0.6) is 0 Å². The summed E-state index contributed by atoms with van der Waals surface area (Å²) in [6.07, 6.45) is 0. The van der Waals surface area contributed by atoms with E-state index in [1.54, 1.807) is 17.4 Å². The van der Waals surface area contributed by atoms with E-state index in [1.165, 1.54) is 79.6 Å². The minimum atomic E-state index is -3.74. The first kappa shape index (κ1) is 41.8. The monoisotopic (exact) mass is 886 g/mol. The highest BCUT2D eigenvalue weighted by Gasteiger charge is 2.31. The number of nitrogens with zero attached hydrogens (tertiary/aromatic N) is 6. The molecular weight excluding hydrogens is 849 g/mol. The van der Waals surface area contributed by atoms with E-state index in [1.807, 2.05) is 15.7 Å². The Morgan fingerprint density at radius 2 is 1.02 bits per heavy atom. The lowest BCUT2D eigenvalue weighted by molar-refractivity contribution is 0.384. The molecule has 0 aliphatic carbocycles. The molecule has 0 bridgehead atoms.